The number of hydrogen-bond donors (Lipinski definition) is 2. The van der Waals surface area contributed by atoms with Gasteiger partial charge in [-0.3, -0.25) is 4.79 Å². The monoisotopic (exact) mass is 348 g/mol. The largest absolute Gasteiger partial charge is 0.495 e. The second-order valence-corrected chi connectivity index (χ2v) is 5.27. The second-order valence-electron chi connectivity index (χ2n) is 4.41. The highest BCUT2D eigenvalue weighted by molar-refractivity contribution is 9.10. The summed E-state index contributed by atoms with van der Waals surface area (Å²) in [4.78, 5) is 12.2. The zero-order valence-electron chi connectivity index (χ0n) is 11.9. The lowest BCUT2D eigenvalue weighted by molar-refractivity contribution is 0.102. The van der Waals surface area contributed by atoms with Crippen molar-refractivity contribution in [3.05, 3.63) is 52.5 Å². The van der Waals surface area contributed by atoms with Gasteiger partial charge in [0.25, 0.3) is 5.91 Å². The minimum absolute atomic E-state index is 0.151. The highest BCUT2D eigenvalue weighted by Gasteiger charge is 2.08. The van der Waals surface area contributed by atoms with Crippen LogP contribution in [0.1, 0.15) is 17.3 Å². The molecule has 0 saturated carbocycles. The molecule has 0 heterocycles. The number of carbonyl (C=O) groups is 1. The van der Waals surface area contributed by atoms with Crippen LogP contribution in [0.3, 0.4) is 0 Å². The van der Waals surface area contributed by atoms with Crippen molar-refractivity contribution in [3.8, 4) is 5.75 Å². The first-order valence-electron chi connectivity index (χ1n) is 6.63. The van der Waals surface area contributed by atoms with Crippen molar-refractivity contribution in [3.63, 3.8) is 0 Å². The Morgan fingerprint density at radius 1 is 1.14 bits per heavy atom. The zero-order chi connectivity index (χ0) is 15.2. The van der Waals surface area contributed by atoms with Gasteiger partial charge in [-0.2, -0.15) is 0 Å². The summed E-state index contributed by atoms with van der Waals surface area (Å²) >= 11 is 3.38. The first-order chi connectivity index (χ1) is 10.1. The summed E-state index contributed by atoms with van der Waals surface area (Å²) in [6.07, 6.45) is 0. The number of nitrogens with one attached hydrogen (secondary N) is 2. The molecule has 2 aromatic rings. The molecule has 2 aromatic carbocycles. The van der Waals surface area contributed by atoms with Crippen LogP contribution in [0.25, 0.3) is 0 Å². The van der Waals surface area contributed by atoms with Gasteiger partial charge in [-0.15, -0.1) is 0 Å². The zero-order valence-corrected chi connectivity index (χ0v) is 13.5. The Morgan fingerprint density at radius 2 is 1.81 bits per heavy atom. The van der Waals surface area contributed by atoms with E-state index in [-0.39, 0.29) is 5.91 Å². The van der Waals surface area contributed by atoms with E-state index in [1.165, 1.54) is 0 Å². The number of methoxy groups -OCH3 is 1. The van der Waals surface area contributed by atoms with Gasteiger partial charge in [0.2, 0.25) is 0 Å². The van der Waals surface area contributed by atoms with E-state index < -0.39 is 0 Å². The van der Waals surface area contributed by atoms with E-state index in [1.54, 1.807) is 25.3 Å². The fourth-order valence-electron chi connectivity index (χ4n) is 1.88. The predicted molar refractivity (Wildman–Crippen MR) is 89.3 cm³/mol. The third kappa shape index (κ3) is 3.98. The lowest BCUT2D eigenvalue weighted by atomic mass is 10.2. The molecule has 0 radical (unpaired) electrons. The third-order valence-electron chi connectivity index (χ3n) is 2.94. The summed E-state index contributed by atoms with van der Waals surface area (Å²) < 4.78 is 6.05. The number of hydrogen-bond acceptors (Lipinski definition) is 3. The molecule has 4 nitrogen and oxygen atoms in total. The number of ether oxygens (including phenoxy) is 1. The Kier molecular flexibility index (Phi) is 5.22. The molecule has 0 bridgehead atoms. The smallest absolute Gasteiger partial charge is 0.255 e. The third-order valence-corrected chi connectivity index (χ3v) is 3.59. The molecule has 0 aromatic heterocycles. The van der Waals surface area contributed by atoms with E-state index >= 15 is 0 Å². The Bertz CT molecular complexity index is 627. The minimum atomic E-state index is -0.151. The van der Waals surface area contributed by atoms with Crippen LogP contribution in [0.4, 0.5) is 11.4 Å². The minimum Gasteiger partial charge on any atom is -0.495 e. The Hall–Kier alpha value is -2.01. The molecule has 2 rings (SSSR count). The summed E-state index contributed by atoms with van der Waals surface area (Å²) in [6, 6.07) is 12.8. The maximum absolute atomic E-state index is 12.2. The summed E-state index contributed by atoms with van der Waals surface area (Å²) in [7, 11) is 1.59. The van der Waals surface area contributed by atoms with Gasteiger partial charge >= 0.3 is 0 Å². The molecule has 1 amide bonds. The van der Waals surface area contributed by atoms with Crippen LogP contribution in [0, 0.1) is 0 Å². The average molecular weight is 349 g/mol. The summed E-state index contributed by atoms with van der Waals surface area (Å²) in [5, 5.41) is 6.04. The van der Waals surface area contributed by atoms with Crippen LogP contribution < -0.4 is 15.4 Å². The van der Waals surface area contributed by atoms with Crippen molar-refractivity contribution < 1.29 is 9.53 Å². The quantitative estimate of drug-likeness (QED) is 0.853. The van der Waals surface area contributed by atoms with Crippen molar-refractivity contribution in [2.45, 2.75) is 6.92 Å². The van der Waals surface area contributed by atoms with Crippen molar-refractivity contribution in [2.24, 2.45) is 0 Å². The molecule has 0 spiro atoms. The highest BCUT2D eigenvalue weighted by atomic mass is 79.9. The standard InChI is InChI=1S/C16H17BrN2O2/c1-3-18-12-6-4-11(5-7-12)16(20)19-13-8-9-14(17)15(10-13)21-2/h4-10,18H,3H2,1-2H3,(H,19,20). The van der Waals surface area contributed by atoms with Gasteiger partial charge in [0, 0.05) is 29.5 Å². The second kappa shape index (κ2) is 7.13. The summed E-state index contributed by atoms with van der Waals surface area (Å²) in [6.45, 7) is 2.88. The normalized spacial score (nSPS) is 10.0. The van der Waals surface area contributed by atoms with Crippen molar-refractivity contribution in [1.29, 1.82) is 0 Å². The van der Waals surface area contributed by atoms with E-state index in [4.69, 9.17) is 4.74 Å². The van der Waals surface area contributed by atoms with Crippen LogP contribution in [-0.2, 0) is 0 Å². The molecule has 5 heteroatoms. The molecule has 2 N–H and O–H groups in total. The number of halogens is 1. The van der Waals surface area contributed by atoms with E-state index in [0.717, 1.165) is 16.7 Å². The molecule has 0 saturated heterocycles. The van der Waals surface area contributed by atoms with E-state index in [2.05, 4.69) is 26.6 Å². The predicted octanol–water partition coefficient (Wildman–Crippen LogP) is 4.14. The molecule has 0 atom stereocenters. The van der Waals surface area contributed by atoms with Crippen LogP contribution in [0.15, 0.2) is 46.9 Å². The topological polar surface area (TPSA) is 50.4 Å². The molecular formula is C16H17BrN2O2. The van der Waals surface area contributed by atoms with Crippen LogP contribution in [0.2, 0.25) is 0 Å². The Balaban J connectivity index is 2.10. The number of amides is 1. The fourth-order valence-corrected chi connectivity index (χ4v) is 2.29. The van der Waals surface area contributed by atoms with Crippen LogP contribution >= 0.6 is 15.9 Å². The first kappa shape index (κ1) is 15.4. The first-order valence-corrected chi connectivity index (χ1v) is 7.42. The highest BCUT2D eigenvalue weighted by Crippen LogP contribution is 2.28. The number of carbonyl (C=O) groups excluding carboxylic acids is 1. The lowest BCUT2D eigenvalue weighted by Gasteiger charge is -2.09. The van der Waals surface area contributed by atoms with Gasteiger partial charge in [0.15, 0.2) is 0 Å². The van der Waals surface area contributed by atoms with E-state index in [0.29, 0.717) is 17.0 Å². The van der Waals surface area contributed by atoms with Crippen molar-refractivity contribution in [2.75, 3.05) is 24.3 Å². The fraction of sp³-hybridized carbons (Fsp3) is 0.188. The molecule has 0 unspecified atom stereocenters. The maximum atomic E-state index is 12.2. The van der Waals surface area contributed by atoms with Crippen LogP contribution in [-0.4, -0.2) is 19.6 Å². The van der Waals surface area contributed by atoms with Gasteiger partial charge < -0.3 is 15.4 Å². The lowest BCUT2D eigenvalue weighted by Crippen LogP contribution is -2.12. The molecule has 110 valence electrons. The summed E-state index contributed by atoms with van der Waals surface area (Å²) in [5.74, 6) is 0.526. The molecule has 0 aliphatic carbocycles. The molecule has 0 aliphatic heterocycles. The SMILES string of the molecule is CCNc1ccc(C(=O)Nc2ccc(Br)c(OC)c2)cc1. The van der Waals surface area contributed by atoms with Gasteiger partial charge in [0.1, 0.15) is 5.75 Å². The molecule has 21 heavy (non-hydrogen) atoms. The maximum Gasteiger partial charge on any atom is 0.255 e. The van der Waals surface area contributed by atoms with Crippen LogP contribution in [0.5, 0.6) is 5.75 Å². The van der Waals surface area contributed by atoms with E-state index in [9.17, 15) is 4.79 Å². The Morgan fingerprint density at radius 3 is 2.43 bits per heavy atom. The number of rotatable bonds is 5. The molecule has 0 fully saturated rings. The Labute approximate surface area is 132 Å². The number of anilines is 2. The number of benzene rings is 2. The van der Waals surface area contributed by atoms with E-state index in [1.807, 2.05) is 31.2 Å². The average Bonchev–Trinajstić information content (AvgIpc) is 2.50. The molecule has 0 aliphatic rings. The van der Waals surface area contributed by atoms with Crippen molar-refractivity contribution >= 4 is 33.2 Å². The summed E-state index contributed by atoms with van der Waals surface area (Å²) in [5.41, 5.74) is 2.30. The molecular weight excluding hydrogens is 332 g/mol. The van der Waals surface area contributed by atoms with Gasteiger partial charge in [-0.25, -0.2) is 0 Å². The van der Waals surface area contributed by atoms with Gasteiger partial charge in [0.05, 0.1) is 11.6 Å². The van der Waals surface area contributed by atoms with Gasteiger partial charge in [-0.1, -0.05) is 0 Å². The van der Waals surface area contributed by atoms with Crippen molar-refractivity contribution in [1.82, 2.24) is 0 Å². The van der Waals surface area contributed by atoms with Gasteiger partial charge in [-0.05, 0) is 59.3 Å².